The normalized spacial score (nSPS) is 10.6. The van der Waals surface area contributed by atoms with Crippen LogP contribution in [0.4, 0.5) is 0 Å². The standard InChI is InChI=1S/C22H26N4O3/c1-15-18(16(2)26(25-15)21-7-5-6-11-23-21)10-12-24-22(27)14-17-8-9-19(28-3)20(13-17)29-4/h5-9,11,13H,10,12,14H2,1-4H3,(H,24,27). The van der Waals surface area contributed by atoms with Crippen LogP contribution in [-0.2, 0) is 17.6 Å². The van der Waals surface area contributed by atoms with Crippen molar-refractivity contribution in [1.82, 2.24) is 20.1 Å². The average molecular weight is 394 g/mol. The summed E-state index contributed by atoms with van der Waals surface area (Å²) in [4.78, 5) is 16.7. The van der Waals surface area contributed by atoms with Crippen LogP contribution < -0.4 is 14.8 Å². The summed E-state index contributed by atoms with van der Waals surface area (Å²) in [6, 6.07) is 11.2. The van der Waals surface area contributed by atoms with Gasteiger partial charge in [-0.1, -0.05) is 12.1 Å². The lowest BCUT2D eigenvalue weighted by Crippen LogP contribution is -2.27. The first-order valence-electron chi connectivity index (χ1n) is 9.47. The summed E-state index contributed by atoms with van der Waals surface area (Å²) in [6.45, 7) is 4.55. The zero-order chi connectivity index (χ0) is 20.8. The maximum absolute atomic E-state index is 12.3. The molecule has 152 valence electrons. The van der Waals surface area contributed by atoms with Crippen molar-refractivity contribution in [3.05, 3.63) is 65.1 Å². The van der Waals surface area contributed by atoms with Gasteiger partial charge in [-0.3, -0.25) is 4.79 Å². The summed E-state index contributed by atoms with van der Waals surface area (Å²) >= 11 is 0. The molecular formula is C22H26N4O3. The lowest BCUT2D eigenvalue weighted by molar-refractivity contribution is -0.120. The van der Waals surface area contributed by atoms with Crippen LogP contribution in [0.5, 0.6) is 11.5 Å². The number of carbonyl (C=O) groups excluding carboxylic acids is 1. The molecule has 7 nitrogen and oxygen atoms in total. The molecule has 7 heteroatoms. The number of hydrogen-bond acceptors (Lipinski definition) is 5. The summed E-state index contributed by atoms with van der Waals surface area (Å²) < 4.78 is 12.4. The fourth-order valence-electron chi connectivity index (χ4n) is 3.30. The number of nitrogens with one attached hydrogen (secondary N) is 1. The second kappa shape index (κ2) is 9.23. The molecule has 2 aromatic heterocycles. The zero-order valence-electron chi connectivity index (χ0n) is 17.2. The predicted molar refractivity (Wildman–Crippen MR) is 111 cm³/mol. The van der Waals surface area contributed by atoms with E-state index in [1.807, 2.05) is 48.9 Å². The van der Waals surface area contributed by atoms with E-state index in [1.165, 1.54) is 0 Å². The first kappa shape index (κ1) is 20.4. The molecule has 29 heavy (non-hydrogen) atoms. The first-order valence-corrected chi connectivity index (χ1v) is 9.47. The maximum Gasteiger partial charge on any atom is 0.224 e. The zero-order valence-corrected chi connectivity index (χ0v) is 17.2. The van der Waals surface area contributed by atoms with Gasteiger partial charge in [-0.05, 0) is 55.7 Å². The van der Waals surface area contributed by atoms with Crippen molar-refractivity contribution in [2.24, 2.45) is 0 Å². The molecule has 0 radical (unpaired) electrons. The Balaban J connectivity index is 1.59. The Morgan fingerprint density at radius 3 is 2.59 bits per heavy atom. The number of aryl methyl sites for hydroxylation is 1. The third kappa shape index (κ3) is 4.74. The highest BCUT2D eigenvalue weighted by atomic mass is 16.5. The molecule has 1 aromatic carbocycles. The number of ether oxygens (including phenoxy) is 2. The van der Waals surface area contributed by atoms with Crippen molar-refractivity contribution in [1.29, 1.82) is 0 Å². The summed E-state index contributed by atoms with van der Waals surface area (Å²) in [5.74, 6) is 2.01. The molecule has 0 bridgehead atoms. The van der Waals surface area contributed by atoms with Gasteiger partial charge in [0.2, 0.25) is 5.91 Å². The molecule has 0 fully saturated rings. The Labute approximate surface area is 170 Å². The second-order valence-electron chi connectivity index (χ2n) is 6.72. The smallest absolute Gasteiger partial charge is 0.224 e. The van der Waals surface area contributed by atoms with Crippen LogP contribution in [0.25, 0.3) is 5.82 Å². The van der Waals surface area contributed by atoms with E-state index >= 15 is 0 Å². The molecule has 0 aliphatic carbocycles. The van der Waals surface area contributed by atoms with Gasteiger partial charge >= 0.3 is 0 Å². The highest BCUT2D eigenvalue weighted by molar-refractivity contribution is 5.78. The number of methoxy groups -OCH3 is 2. The van der Waals surface area contributed by atoms with E-state index in [2.05, 4.69) is 15.4 Å². The minimum Gasteiger partial charge on any atom is -0.493 e. The number of pyridine rings is 1. The Morgan fingerprint density at radius 2 is 1.90 bits per heavy atom. The second-order valence-corrected chi connectivity index (χ2v) is 6.72. The van der Waals surface area contributed by atoms with E-state index in [9.17, 15) is 4.79 Å². The van der Waals surface area contributed by atoms with Gasteiger partial charge in [0.05, 0.1) is 26.3 Å². The highest BCUT2D eigenvalue weighted by Crippen LogP contribution is 2.27. The van der Waals surface area contributed by atoms with Crippen molar-refractivity contribution in [2.75, 3.05) is 20.8 Å². The topological polar surface area (TPSA) is 78.3 Å². The first-order chi connectivity index (χ1) is 14.0. The Kier molecular flexibility index (Phi) is 6.49. The van der Waals surface area contributed by atoms with Crippen molar-refractivity contribution < 1.29 is 14.3 Å². The number of benzene rings is 1. The molecule has 0 spiro atoms. The van der Waals surface area contributed by atoms with Crippen LogP contribution in [-0.4, -0.2) is 41.4 Å². The van der Waals surface area contributed by atoms with Crippen LogP contribution in [0.3, 0.4) is 0 Å². The summed E-state index contributed by atoms with van der Waals surface area (Å²) in [6.07, 6.45) is 2.74. The van der Waals surface area contributed by atoms with E-state index < -0.39 is 0 Å². The Morgan fingerprint density at radius 1 is 1.10 bits per heavy atom. The van der Waals surface area contributed by atoms with Crippen LogP contribution in [0.15, 0.2) is 42.6 Å². The van der Waals surface area contributed by atoms with E-state index in [0.29, 0.717) is 24.5 Å². The van der Waals surface area contributed by atoms with Gasteiger partial charge in [-0.25, -0.2) is 9.67 Å². The van der Waals surface area contributed by atoms with Gasteiger partial charge in [0.15, 0.2) is 17.3 Å². The molecule has 0 aliphatic rings. The summed E-state index contributed by atoms with van der Waals surface area (Å²) in [5, 5.41) is 7.58. The average Bonchev–Trinajstić information content (AvgIpc) is 3.02. The minimum atomic E-state index is -0.0374. The van der Waals surface area contributed by atoms with Gasteiger partial charge in [-0.2, -0.15) is 5.10 Å². The quantitative estimate of drug-likeness (QED) is 0.636. The number of aromatic nitrogens is 3. The molecule has 0 aliphatic heterocycles. The van der Waals surface area contributed by atoms with Crippen molar-refractivity contribution in [2.45, 2.75) is 26.7 Å². The van der Waals surface area contributed by atoms with Gasteiger partial charge < -0.3 is 14.8 Å². The van der Waals surface area contributed by atoms with Crippen molar-refractivity contribution >= 4 is 5.91 Å². The fraction of sp³-hybridized carbons (Fsp3) is 0.318. The number of amides is 1. The largest absolute Gasteiger partial charge is 0.493 e. The van der Waals surface area contributed by atoms with Gasteiger partial charge in [0.1, 0.15) is 0 Å². The molecule has 3 rings (SSSR count). The van der Waals surface area contributed by atoms with Crippen molar-refractivity contribution in [3.8, 4) is 17.3 Å². The third-order valence-electron chi connectivity index (χ3n) is 4.82. The molecule has 0 unspecified atom stereocenters. The van der Waals surface area contributed by atoms with Crippen LogP contribution in [0.2, 0.25) is 0 Å². The SMILES string of the molecule is COc1ccc(CC(=O)NCCc2c(C)nn(-c3ccccn3)c2C)cc1OC. The molecule has 0 saturated heterocycles. The Bertz CT molecular complexity index is 983. The molecule has 3 aromatic rings. The van der Waals surface area contributed by atoms with Gasteiger partial charge in [-0.15, -0.1) is 0 Å². The third-order valence-corrected chi connectivity index (χ3v) is 4.82. The van der Waals surface area contributed by atoms with Crippen LogP contribution in [0, 0.1) is 13.8 Å². The maximum atomic E-state index is 12.3. The van der Waals surface area contributed by atoms with E-state index in [0.717, 1.165) is 28.3 Å². The van der Waals surface area contributed by atoms with Crippen LogP contribution in [0.1, 0.15) is 22.5 Å². The van der Waals surface area contributed by atoms with Crippen molar-refractivity contribution in [3.63, 3.8) is 0 Å². The molecule has 0 saturated carbocycles. The van der Waals surface area contributed by atoms with E-state index in [-0.39, 0.29) is 12.3 Å². The van der Waals surface area contributed by atoms with E-state index in [4.69, 9.17) is 9.47 Å². The van der Waals surface area contributed by atoms with Gasteiger partial charge in [0.25, 0.3) is 0 Å². The summed E-state index contributed by atoms with van der Waals surface area (Å²) in [5.41, 5.74) is 3.98. The minimum absolute atomic E-state index is 0.0374. The fourth-order valence-corrected chi connectivity index (χ4v) is 3.30. The molecule has 0 atom stereocenters. The number of carbonyl (C=O) groups is 1. The molecular weight excluding hydrogens is 368 g/mol. The number of nitrogens with zero attached hydrogens (tertiary/aromatic N) is 3. The molecule has 1 amide bonds. The number of rotatable bonds is 8. The van der Waals surface area contributed by atoms with Gasteiger partial charge in [0, 0.05) is 18.4 Å². The van der Waals surface area contributed by atoms with E-state index in [1.54, 1.807) is 26.5 Å². The number of hydrogen-bond donors (Lipinski definition) is 1. The Hall–Kier alpha value is -3.35. The lowest BCUT2D eigenvalue weighted by Gasteiger charge is -2.10. The molecule has 1 N–H and O–H groups in total. The predicted octanol–water partition coefficient (Wildman–Crippen LogP) is 2.80. The summed E-state index contributed by atoms with van der Waals surface area (Å²) in [7, 11) is 3.17. The molecule has 2 heterocycles. The monoisotopic (exact) mass is 394 g/mol. The highest BCUT2D eigenvalue weighted by Gasteiger charge is 2.14. The lowest BCUT2D eigenvalue weighted by atomic mass is 10.1. The van der Waals surface area contributed by atoms with Crippen LogP contribution >= 0.6 is 0 Å².